The molecule has 0 aromatic rings. The fourth-order valence-electron chi connectivity index (χ4n) is 3.92. The molecule has 0 fully saturated rings. The second-order valence-corrected chi connectivity index (χ2v) is 9.06. The van der Waals surface area contributed by atoms with Crippen LogP contribution < -0.4 is 0 Å². The smallest absolute Gasteiger partial charge is 0.313 e. The van der Waals surface area contributed by atoms with E-state index in [-0.39, 0.29) is 11.9 Å². The summed E-state index contributed by atoms with van der Waals surface area (Å²) in [6.45, 7) is 4.50. The van der Waals surface area contributed by atoms with Crippen LogP contribution in [0.15, 0.2) is 0 Å². The zero-order chi connectivity index (χ0) is 22.1. The molecule has 0 unspecified atom stereocenters. The molecule has 0 radical (unpaired) electrons. The number of carbonyl (C=O) groups is 2. The molecule has 3 nitrogen and oxygen atoms in total. The van der Waals surface area contributed by atoms with Crippen LogP contribution in [-0.4, -0.2) is 11.9 Å². The van der Waals surface area contributed by atoms with E-state index < -0.39 is 0 Å². The van der Waals surface area contributed by atoms with E-state index in [9.17, 15) is 9.59 Å². The third-order valence-corrected chi connectivity index (χ3v) is 5.95. The summed E-state index contributed by atoms with van der Waals surface area (Å²) >= 11 is 0. The number of ether oxygens (including phenoxy) is 1. The standard InChI is InChI=1S/C27H52O3/c1-3-5-7-9-11-13-15-17-19-21-23-25-27(29)30-26(28)24-22-20-18-16-14-12-10-8-6-4-2/h3-25H2,1-2H3. The maximum atomic E-state index is 11.8. The fraction of sp³-hybridized carbons (Fsp3) is 0.926. The lowest BCUT2D eigenvalue weighted by Gasteiger charge is -2.04. The highest BCUT2D eigenvalue weighted by molar-refractivity contribution is 5.85. The second kappa shape index (κ2) is 24.4. The van der Waals surface area contributed by atoms with Crippen molar-refractivity contribution >= 4 is 11.9 Å². The number of hydrogen-bond donors (Lipinski definition) is 0. The summed E-state index contributed by atoms with van der Waals surface area (Å²) in [6.07, 6.45) is 27.0. The molecule has 0 aliphatic heterocycles. The highest BCUT2D eigenvalue weighted by Crippen LogP contribution is 2.13. The molecular weight excluding hydrogens is 372 g/mol. The van der Waals surface area contributed by atoms with Crippen LogP contribution in [0.4, 0.5) is 0 Å². The van der Waals surface area contributed by atoms with Crippen LogP contribution in [-0.2, 0) is 14.3 Å². The van der Waals surface area contributed by atoms with Crippen molar-refractivity contribution in [1.82, 2.24) is 0 Å². The van der Waals surface area contributed by atoms with Gasteiger partial charge < -0.3 is 4.74 Å². The lowest BCUT2D eigenvalue weighted by molar-refractivity contribution is -0.159. The van der Waals surface area contributed by atoms with Gasteiger partial charge in [-0.3, -0.25) is 9.59 Å². The molecule has 178 valence electrons. The van der Waals surface area contributed by atoms with Crippen LogP contribution in [0, 0.1) is 0 Å². The Hall–Kier alpha value is -0.860. The van der Waals surface area contributed by atoms with Gasteiger partial charge in [0.2, 0.25) is 0 Å². The molecule has 0 saturated carbocycles. The first-order valence-electron chi connectivity index (χ1n) is 13.4. The van der Waals surface area contributed by atoms with Crippen molar-refractivity contribution in [1.29, 1.82) is 0 Å². The van der Waals surface area contributed by atoms with Gasteiger partial charge in [-0.05, 0) is 12.8 Å². The van der Waals surface area contributed by atoms with Gasteiger partial charge in [0.05, 0.1) is 0 Å². The Morgan fingerprint density at radius 3 is 0.900 bits per heavy atom. The lowest BCUT2D eigenvalue weighted by atomic mass is 10.1. The van der Waals surface area contributed by atoms with Crippen LogP contribution in [0.2, 0.25) is 0 Å². The van der Waals surface area contributed by atoms with E-state index in [1.807, 2.05) is 0 Å². The maximum Gasteiger partial charge on any atom is 0.313 e. The third kappa shape index (κ3) is 23.4. The number of rotatable bonds is 23. The van der Waals surface area contributed by atoms with Crippen molar-refractivity contribution < 1.29 is 14.3 Å². The Morgan fingerprint density at radius 1 is 0.400 bits per heavy atom. The van der Waals surface area contributed by atoms with Gasteiger partial charge in [0, 0.05) is 12.8 Å². The van der Waals surface area contributed by atoms with Crippen molar-refractivity contribution in [3.63, 3.8) is 0 Å². The first-order valence-corrected chi connectivity index (χ1v) is 13.4. The van der Waals surface area contributed by atoms with E-state index in [4.69, 9.17) is 4.74 Å². The van der Waals surface area contributed by atoms with E-state index in [1.165, 1.54) is 109 Å². The average Bonchev–Trinajstić information content (AvgIpc) is 2.73. The fourth-order valence-corrected chi connectivity index (χ4v) is 3.92. The minimum Gasteiger partial charge on any atom is -0.393 e. The Morgan fingerprint density at radius 2 is 0.633 bits per heavy atom. The minimum atomic E-state index is -0.331. The molecule has 0 atom stereocenters. The van der Waals surface area contributed by atoms with Gasteiger partial charge in [-0.2, -0.15) is 0 Å². The van der Waals surface area contributed by atoms with Crippen molar-refractivity contribution in [2.45, 2.75) is 162 Å². The van der Waals surface area contributed by atoms with Crippen LogP contribution in [0.3, 0.4) is 0 Å². The minimum absolute atomic E-state index is 0.331. The van der Waals surface area contributed by atoms with Crippen LogP contribution >= 0.6 is 0 Å². The molecule has 30 heavy (non-hydrogen) atoms. The first kappa shape index (κ1) is 29.1. The molecule has 0 rings (SSSR count). The molecule has 0 amide bonds. The average molecular weight is 425 g/mol. The van der Waals surface area contributed by atoms with Gasteiger partial charge in [-0.1, -0.05) is 136 Å². The quantitative estimate of drug-likeness (QED) is 0.0933. The van der Waals surface area contributed by atoms with E-state index in [0.717, 1.165) is 25.7 Å². The van der Waals surface area contributed by atoms with Gasteiger partial charge in [-0.25, -0.2) is 0 Å². The molecule has 0 heterocycles. The van der Waals surface area contributed by atoms with Crippen molar-refractivity contribution in [3.8, 4) is 0 Å². The highest BCUT2D eigenvalue weighted by atomic mass is 16.6. The van der Waals surface area contributed by atoms with Gasteiger partial charge in [0.15, 0.2) is 0 Å². The molecule has 0 aliphatic rings. The highest BCUT2D eigenvalue weighted by Gasteiger charge is 2.09. The Labute approximate surface area is 188 Å². The molecule has 0 aliphatic carbocycles. The molecule has 0 bridgehead atoms. The summed E-state index contributed by atoms with van der Waals surface area (Å²) in [4.78, 5) is 23.5. The van der Waals surface area contributed by atoms with Crippen molar-refractivity contribution in [3.05, 3.63) is 0 Å². The van der Waals surface area contributed by atoms with Crippen molar-refractivity contribution in [2.75, 3.05) is 0 Å². The van der Waals surface area contributed by atoms with Crippen LogP contribution in [0.25, 0.3) is 0 Å². The first-order chi connectivity index (χ1) is 14.7. The molecule has 0 spiro atoms. The van der Waals surface area contributed by atoms with Gasteiger partial charge in [-0.15, -0.1) is 0 Å². The molecule has 0 saturated heterocycles. The summed E-state index contributed by atoms with van der Waals surface area (Å²) in [6, 6.07) is 0. The van der Waals surface area contributed by atoms with Crippen LogP contribution in [0.5, 0.6) is 0 Å². The predicted octanol–water partition coefficient (Wildman–Crippen LogP) is 9.07. The van der Waals surface area contributed by atoms with Gasteiger partial charge >= 0.3 is 11.9 Å². The van der Waals surface area contributed by atoms with Crippen LogP contribution in [0.1, 0.15) is 162 Å². The Balaban J connectivity index is 3.31. The zero-order valence-corrected chi connectivity index (χ0v) is 20.5. The monoisotopic (exact) mass is 424 g/mol. The summed E-state index contributed by atoms with van der Waals surface area (Å²) in [7, 11) is 0. The van der Waals surface area contributed by atoms with E-state index in [2.05, 4.69) is 13.8 Å². The van der Waals surface area contributed by atoms with E-state index >= 15 is 0 Å². The Bertz CT molecular complexity index is 378. The SMILES string of the molecule is CCCCCCCCCCCCCC(=O)OC(=O)CCCCCCCCCCCC. The molecule has 0 aromatic heterocycles. The molecular formula is C27H52O3. The maximum absolute atomic E-state index is 11.8. The summed E-state index contributed by atoms with van der Waals surface area (Å²) in [5, 5.41) is 0. The normalized spacial score (nSPS) is 11.0. The topological polar surface area (TPSA) is 43.4 Å². The second-order valence-electron chi connectivity index (χ2n) is 9.06. The molecule has 0 aromatic carbocycles. The van der Waals surface area contributed by atoms with Gasteiger partial charge in [0.25, 0.3) is 0 Å². The molecule has 3 heteroatoms. The number of hydrogen-bond acceptors (Lipinski definition) is 3. The van der Waals surface area contributed by atoms with Gasteiger partial charge in [0.1, 0.15) is 0 Å². The summed E-state index contributed by atoms with van der Waals surface area (Å²) in [5.74, 6) is -0.661. The number of unbranched alkanes of at least 4 members (excludes halogenated alkanes) is 19. The Kier molecular flexibility index (Phi) is 23.7. The zero-order valence-electron chi connectivity index (χ0n) is 20.5. The number of esters is 2. The lowest BCUT2D eigenvalue weighted by Crippen LogP contribution is -2.11. The van der Waals surface area contributed by atoms with E-state index in [0.29, 0.717) is 12.8 Å². The third-order valence-electron chi connectivity index (χ3n) is 5.95. The van der Waals surface area contributed by atoms with E-state index in [1.54, 1.807) is 0 Å². The molecule has 0 N–H and O–H groups in total. The summed E-state index contributed by atoms with van der Waals surface area (Å²) < 4.78 is 4.95. The number of carbonyl (C=O) groups excluding carboxylic acids is 2. The summed E-state index contributed by atoms with van der Waals surface area (Å²) in [5.41, 5.74) is 0. The largest absolute Gasteiger partial charge is 0.393 e. The van der Waals surface area contributed by atoms with Crippen molar-refractivity contribution in [2.24, 2.45) is 0 Å². The predicted molar refractivity (Wildman–Crippen MR) is 129 cm³/mol.